The summed E-state index contributed by atoms with van der Waals surface area (Å²) in [6.07, 6.45) is 5.52. The van der Waals surface area contributed by atoms with Crippen LogP contribution in [-0.4, -0.2) is 21.4 Å². The third kappa shape index (κ3) is 4.59. The number of carbonyl (C=O) groups is 1. The molecule has 1 aliphatic carbocycles. The number of nitrogens with zero attached hydrogens (tertiary/aromatic N) is 1. The van der Waals surface area contributed by atoms with Crippen LogP contribution in [0, 0.1) is 0 Å². The molecule has 168 valence electrons. The van der Waals surface area contributed by atoms with E-state index in [-0.39, 0.29) is 16.2 Å². The van der Waals surface area contributed by atoms with E-state index in [2.05, 4.69) is 30.4 Å². The SMILES string of the molecule is CC[C@@H](NC(=O)c1ccc(N(C)S(=O)(=O)c2cccs2)cc1)c1ccc2c(c1)CCCC2. The predicted octanol–water partition coefficient (Wildman–Crippen LogP) is 5.33. The molecular weight excluding hydrogens is 440 g/mol. The number of carbonyl (C=O) groups excluding carboxylic acids is 1. The lowest BCUT2D eigenvalue weighted by Crippen LogP contribution is -2.29. The molecule has 0 spiro atoms. The Labute approximate surface area is 194 Å². The van der Waals surface area contributed by atoms with E-state index in [1.54, 1.807) is 41.8 Å². The minimum atomic E-state index is -3.60. The number of sulfonamides is 1. The van der Waals surface area contributed by atoms with E-state index in [1.807, 2.05) is 0 Å². The van der Waals surface area contributed by atoms with Crippen LogP contribution in [0.25, 0.3) is 0 Å². The second-order valence-corrected chi connectivity index (χ2v) is 11.3. The van der Waals surface area contributed by atoms with Gasteiger partial charge in [-0.2, -0.15) is 0 Å². The molecular formula is C25H28N2O3S2. The van der Waals surface area contributed by atoms with Crippen molar-refractivity contribution in [2.75, 3.05) is 11.4 Å². The highest BCUT2D eigenvalue weighted by atomic mass is 32.2. The van der Waals surface area contributed by atoms with Gasteiger partial charge in [0.1, 0.15) is 4.21 Å². The van der Waals surface area contributed by atoms with Gasteiger partial charge in [-0.15, -0.1) is 11.3 Å². The monoisotopic (exact) mass is 468 g/mol. The molecule has 32 heavy (non-hydrogen) atoms. The number of fused-ring (bicyclic) bond motifs is 1. The Hall–Kier alpha value is -2.64. The number of thiophene rings is 1. The van der Waals surface area contributed by atoms with Gasteiger partial charge in [0.2, 0.25) is 0 Å². The minimum absolute atomic E-state index is 0.0590. The summed E-state index contributed by atoms with van der Waals surface area (Å²) >= 11 is 1.18. The summed E-state index contributed by atoms with van der Waals surface area (Å²) in [7, 11) is -2.08. The molecule has 7 heteroatoms. The molecule has 0 fully saturated rings. The molecule has 1 aliphatic rings. The molecule has 2 aromatic carbocycles. The van der Waals surface area contributed by atoms with Crippen molar-refractivity contribution in [3.8, 4) is 0 Å². The van der Waals surface area contributed by atoms with Crippen molar-refractivity contribution < 1.29 is 13.2 Å². The van der Waals surface area contributed by atoms with Crippen molar-refractivity contribution in [1.82, 2.24) is 5.32 Å². The first kappa shape index (κ1) is 22.6. The van der Waals surface area contributed by atoms with Crippen molar-refractivity contribution in [3.05, 3.63) is 82.2 Å². The van der Waals surface area contributed by atoms with Crippen molar-refractivity contribution in [2.45, 2.75) is 49.3 Å². The maximum absolute atomic E-state index is 12.9. The van der Waals surface area contributed by atoms with Crippen LogP contribution in [0.3, 0.4) is 0 Å². The Balaban J connectivity index is 1.47. The summed E-state index contributed by atoms with van der Waals surface area (Å²) in [5, 5.41) is 4.88. The first-order valence-corrected chi connectivity index (χ1v) is 13.3. The molecule has 4 rings (SSSR count). The Morgan fingerprint density at radius 3 is 2.44 bits per heavy atom. The second kappa shape index (κ2) is 9.46. The Kier molecular flexibility index (Phi) is 6.67. The van der Waals surface area contributed by atoms with E-state index in [0.29, 0.717) is 11.3 Å². The molecule has 1 aromatic heterocycles. The predicted molar refractivity (Wildman–Crippen MR) is 130 cm³/mol. The van der Waals surface area contributed by atoms with Crippen LogP contribution in [0.2, 0.25) is 0 Å². The van der Waals surface area contributed by atoms with Gasteiger partial charge in [-0.3, -0.25) is 9.10 Å². The number of hydrogen-bond acceptors (Lipinski definition) is 4. The molecule has 1 atom stereocenters. The van der Waals surface area contributed by atoms with Gasteiger partial charge < -0.3 is 5.32 Å². The van der Waals surface area contributed by atoms with Gasteiger partial charge in [0.05, 0.1) is 11.7 Å². The summed E-state index contributed by atoms with van der Waals surface area (Å²) in [4.78, 5) is 12.9. The lowest BCUT2D eigenvalue weighted by Gasteiger charge is -2.22. The molecule has 1 amide bonds. The number of amides is 1. The number of nitrogens with one attached hydrogen (secondary N) is 1. The van der Waals surface area contributed by atoms with E-state index in [4.69, 9.17) is 0 Å². The molecule has 1 heterocycles. The highest BCUT2D eigenvalue weighted by Gasteiger charge is 2.23. The van der Waals surface area contributed by atoms with E-state index in [0.717, 1.165) is 24.8 Å². The zero-order valence-electron chi connectivity index (χ0n) is 18.4. The number of aryl methyl sites for hydroxylation is 2. The molecule has 0 saturated carbocycles. The average Bonchev–Trinajstić information content (AvgIpc) is 3.38. The molecule has 0 saturated heterocycles. The molecule has 1 N–H and O–H groups in total. The van der Waals surface area contributed by atoms with E-state index in [9.17, 15) is 13.2 Å². The lowest BCUT2D eigenvalue weighted by molar-refractivity contribution is 0.0935. The molecule has 0 bridgehead atoms. The number of anilines is 1. The zero-order chi connectivity index (χ0) is 22.7. The van der Waals surface area contributed by atoms with Gasteiger partial charge in [0.25, 0.3) is 15.9 Å². The summed E-state index contributed by atoms with van der Waals surface area (Å²) in [5.41, 5.74) is 4.99. The Morgan fingerprint density at radius 1 is 1.06 bits per heavy atom. The maximum Gasteiger partial charge on any atom is 0.273 e. The van der Waals surface area contributed by atoms with Crippen molar-refractivity contribution in [3.63, 3.8) is 0 Å². The first-order valence-electron chi connectivity index (χ1n) is 10.9. The summed E-state index contributed by atoms with van der Waals surface area (Å²) < 4.78 is 27.0. The zero-order valence-corrected chi connectivity index (χ0v) is 20.0. The normalized spacial score (nSPS) is 14.4. The average molecular weight is 469 g/mol. The smallest absolute Gasteiger partial charge is 0.273 e. The summed E-state index contributed by atoms with van der Waals surface area (Å²) in [5.74, 6) is -0.162. The number of benzene rings is 2. The molecule has 3 aromatic rings. The second-order valence-electron chi connectivity index (χ2n) is 8.12. The van der Waals surface area contributed by atoms with Crippen molar-refractivity contribution >= 4 is 33.0 Å². The third-order valence-electron chi connectivity index (χ3n) is 6.09. The Morgan fingerprint density at radius 2 is 1.78 bits per heavy atom. The topological polar surface area (TPSA) is 66.5 Å². The quantitative estimate of drug-likeness (QED) is 0.509. The van der Waals surface area contributed by atoms with E-state index < -0.39 is 10.0 Å². The van der Waals surface area contributed by atoms with E-state index >= 15 is 0 Å². The van der Waals surface area contributed by atoms with Crippen LogP contribution in [0.4, 0.5) is 5.69 Å². The molecule has 0 radical (unpaired) electrons. The van der Waals surface area contributed by atoms with Crippen LogP contribution >= 0.6 is 11.3 Å². The Bertz CT molecular complexity index is 1190. The van der Waals surface area contributed by atoms with Crippen LogP contribution in [0.1, 0.15) is 59.3 Å². The first-order chi connectivity index (χ1) is 15.4. The number of rotatable bonds is 7. The van der Waals surface area contributed by atoms with Crippen molar-refractivity contribution in [2.24, 2.45) is 0 Å². The van der Waals surface area contributed by atoms with Crippen LogP contribution < -0.4 is 9.62 Å². The number of hydrogen-bond donors (Lipinski definition) is 1. The largest absolute Gasteiger partial charge is 0.345 e. The fraction of sp³-hybridized carbons (Fsp3) is 0.320. The van der Waals surface area contributed by atoms with Gasteiger partial charge in [-0.05, 0) is 84.5 Å². The van der Waals surface area contributed by atoms with Crippen LogP contribution in [-0.2, 0) is 22.9 Å². The standard InChI is InChI=1S/C25H28N2O3S2/c1-3-23(21-11-10-18-7-4-5-8-20(18)17-21)26-25(28)19-12-14-22(15-13-19)27(2)32(29,30)24-9-6-16-31-24/h6,9-17,23H,3-5,7-8H2,1-2H3,(H,26,28)/t23-/m1/s1. The van der Waals surface area contributed by atoms with Crippen LogP contribution in [0.15, 0.2) is 64.2 Å². The summed E-state index contributed by atoms with van der Waals surface area (Å²) in [6.45, 7) is 2.07. The van der Waals surface area contributed by atoms with E-state index in [1.165, 1.54) is 46.7 Å². The maximum atomic E-state index is 12.9. The third-order valence-corrected chi connectivity index (χ3v) is 9.25. The van der Waals surface area contributed by atoms with Gasteiger partial charge >= 0.3 is 0 Å². The fourth-order valence-electron chi connectivity index (χ4n) is 4.14. The highest BCUT2D eigenvalue weighted by Crippen LogP contribution is 2.27. The summed E-state index contributed by atoms with van der Waals surface area (Å²) in [6, 6.07) is 16.5. The highest BCUT2D eigenvalue weighted by molar-refractivity contribution is 7.94. The lowest BCUT2D eigenvalue weighted by atomic mass is 9.88. The molecule has 0 unspecified atom stereocenters. The minimum Gasteiger partial charge on any atom is -0.345 e. The van der Waals surface area contributed by atoms with Gasteiger partial charge in [-0.25, -0.2) is 8.42 Å². The van der Waals surface area contributed by atoms with Gasteiger partial charge in [0, 0.05) is 12.6 Å². The molecule has 0 aliphatic heterocycles. The van der Waals surface area contributed by atoms with Gasteiger partial charge in [0.15, 0.2) is 0 Å². The van der Waals surface area contributed by atoms with Gasteiger partial charge in [-0.1, -0.05) is 31.2 Å². The fourth-order valence-corrected chi connectivity index (χ4v) is 6.50. The molecule has 5 nitrogen and oxygen atoms in total. The van der Waals surface area contributed by atoms with Crippen LogP contribution in [0.5, 0.6) is 0 Å². The van der Waals surface area contributed by atoms with Crippen molar-refractivity contribution in [1.29, 1.82) is 0 Å².